The average molecular weight is 112 g/mol. The Morgan fingerprint density at radius 2 is 1.56 bits per heavy atom. The maximum atomic E-state index is 3.17. The van der Waals surface area contributed by atoms with Crippen LogP contribution in [0.2, 0.25) is 0 Å². The second kappa shape index (κ2) is 3.77. The topological polar surface area (TPSA) is 0 Å². The van der Waals surface area contributed by atoms with E-state index in [1.54, 1.807) is 0 Å². The van der Waals surface area contributed by atoms with Gasteiger partial charge in [0.05, 0.1) is 0 Å². The van der Waals surface area contributed by atoms with E-state index in [9.17, 15) is 0 Å². The Kier molecular flexibility index (Phi) is 3.69. The smallest absolute Gasteiger partial charge is 0.177 e. The molecule has 1 aromatic carbocycles. The fourth-order valence-electron chi connectivity index (χ4n) is 0.731. The van der Waals surface area contributed by atoms with Gasteiger partial charge in [-0.15, -0.1) is 0 Å². The summed E-state index contributed by atoms with van der Waals surface area (Å²) in [6.45, 7) is 4.10. The van der Waals surface area contributed by atoms with Crippen LogP contribution in [0, 0.1) is 19.9 Å². The van der Waals surface area contributed by atoms with Crippen molar-refractivity contribution in [3.8, 4) is 0 Å². The van der Waals surface area contributed by atoms with Gasteiger partial charge in [0.15, 0.2) is 0 Å². The first-order chi connectivity index (χ1) is 3.79. The largest absolute Gasteiger partial charge is 1.00 e. The van der Waals surface area contributed by atoms with Gasteiger partial charge in [0, 0.05) is 0 Å². The second-order valence-electron chi connectivity index (χ2n) is 2.02. The summed E-state index contributed by atoms with van der Waals surface area (Å²) < 4.78 is 0. The third-order valence-electron chi connectivity index (χ3n) is 1.09. The van der Waals surface area contributed by atoms with Crippen LogP contribution in [0.1, 0.15) is 11.1 Å². The summed E-state index contributed by atoms with van der Waals surface area (Å²) in [5.74, 6) is 0. The molecule has 0 saturated carbocycles. The van der Waals surface area contributed by atoms with Crippen LogP contribution in [-0.2, 0) is 0 Å². The van der Waals surface area contributed by atoms with E-state index >= 15 is 0 Å². The Morgan fingerprint density at radius 1 is 1.11 bits per heavy atom. The Hall–Kier alpha value is -0.183. The van der Waals surface area contributed by atoms with E-state index in [0.717, 1.165) is 0 Å². The molecule has 0 heterocycles. The standard InChI is InChI=1S/C8H9.Li/c1-7-4-3-5-8(2)6-7;/h3-5H,1-2H3;/q-1;+1. The van der Waals surface area contributed by atoms with Gasteiger partial charge in [-0.1, -0.05) is 13.8 Å². The molecule has 0 radical (unpaired) electrons. The summed E-state index contributed by atoms with van der Waals surface area (Å²) in [4.78, 5) is 0. The average Bonchev–Trinajstić information content (AvgIpc) is 1.64. The Bertz CT molecular complexity index is 164. The summed E-state index contributed by atoms with van der Waals surface area (Å²) in [5.41, 5.74) is 2.43. The number of aryl methyl sites for hydroxylation is 2. The van der Waals surface area contributed by atoms with Gasteiger partial charge in [-0.2, -0.15) is 35.4 Å². The first-order valence-corrected chi connectivity index (χ1v) is 2.74. The van der Waals surface area contributed by atoms with Gasteiger partial charge in [0.2, 0.25) is 0 Å². The third-order valence-corrected chi connectivity index (χ3v) is 1.09. The van der Waals surface area contributed by atoms with Crippen LogP contribution in [0.5, 0.6) is 0 Å². The molecule has 0 atom stereocenters. The molecule has 0 aliphatic carbocycles. The molecule has 0 nitrogen and oxygen atoms in total. The molecular weight excluding hydrogens is 103 g/mol. The van der Waals surface area contributed by atoms with Gasteiger partial charge in [0.25, 0.3) is 0 Å². The van der Waals surface area contributed by atoms with Crippen LogP contribution in [0.15, 0.2) is 18.2 Å². The first-order valence-electron chi connectivity index (χ1n) is 2.74. The Morgan fingerprint density at radius 3 is 1.78 bits per heavy atom. The minimum atomic E-state index is 0. The van der Waals surface area contributed by atoms with E-state index in [1.807, 2.05) is 32.0 Å². The first kappa shape index (κ1) is 8.82. The molecule has 1 heteroatoms. The predicted molar refractivity (Wildman–Crippen MR) is 34.8 cm³/mol. The molecule has 1 aromatic rings. The molecular formula is C8H9Li. The molecule has 0 unspecified atom stereocenters. The van der Waals surface area contributed by atoms with E-state index in [1.165, 1.54) is 11.1 Å². The normalized spacial score (nSPS) is 8.22. The maximum Gasteiger partial charge on any atom is 1.00 e. The molecule has 0 aromatic heterocycles. The van der Waals surface area contributed by atoms with E-state index < -0.39 is 0 Å². The van der Waals surface area contributed by atoms with Crippen molar-refractivity contribution < 1.29 is 18.9 Å². The zero-order valence-electron chi connectivity index (χ0n) is 6.23. The summed E-state index contributed by atoms with van der Waals surface area (Å²) in [7, 11) is 0. The van der Waals surface area contributed by atoms with E-state index in [4.69, 9.17) is 0 Å². The minimum Gasteiger partial charge on any atom is -0.177 e. The molecule has 42 valence electrons. The Labute approximate surface area is 68.5 Å². The van der Waals surface area contributed by atoms with E-state index in [0.29, 0.717) is 0 Å². The summed E-state index contributed by atoms with van der Waals surface area (Å²) in [6.07, 6.45) is 0. The van der Waals surface area contributed by atoms with Crippen LogP contribution in [0.3, 0.4) is 0 Å². The number of hydrogen-bond donors (Lipinski definition) is 0. The zero-order chi connectivity index (χ0) is 5.98. The molecule has 0 fully saturated rings. The van der Waals surface area contributed by atoms with Crippen LogP contribution >= 0.6 is 0 Å². The van der Waals surface area contributed by atoms with Crippen molar-refractivity contribution >= 4 is 0 Å². The summed E-state index contributed by atoms with van der Waals surface area (Å²) in [6, 6.07) is 9.31. The fourth-order valence-corrected chi connectivity index (χ4v) is 0.731. The monoisotopic (exact) mass is 112 g/mol. The quantitative estimate of drug-likeness (QED) is 0.301. The molecule has 0 N–H and O–H groups in total. The predicted octanol–water partition coefficient (Wildman–Crippen LogP) is -0.892. The van der Waals surface area contributed by atoms with E-state index in [-0.39, 0.29) is 18.9 Å². The number of hydrogen-bond acceptors (Lipinski definition) is 0. The van der Waals surface area contributed by atoms with Gasteiger partial charge in [-0.3, -0.25) is 0 Å². The molecule has 0 amide bonds. The Balaban J connectivity index is 0.000000640. The molecule has 0 bridgehead atoms. The number of rotatable bonds is 0. The molecule has 0 aliphatic rings. The second-order valence-corrected chi connectivity index (χ2v) is 2.02. The van der Waals surface area contributed by atoms with Crippen molar-refractivity contribution in [2.45, 2.75) is 13.8 Å². The summed E-state index contributed by atoms with van der Waals surface area (Å²) in [5, 5.41) is 0. The van der Waals surface area contributed by atoms with Crippen LogP contribution in [-0.4, -0.2) is 0 Å². The van der Waals surface area contributed by atoms with Gasteiger partial charge in [0.1, 0.15) is 0 Å². The van der Waals surface area contributed by atoms with Gasteiger partial charge in [-0.05, 0) is 0 Å². The molecule has 0 aliphatic heterocycles. The number of benzene rings is 1. The van der Waals surface area contributed by atoms with E-state index in [2.05, 4.69) is 6.07 Å². The van der Waals surface area contributed by atoms with Crippen molar-refractivity contribution in [1.82, 2.24) is 0 Å². The minimum absolute atomic E-state index is 0. The SMILES string of the molecule is Cc1[c-]c(C)ccc1.[Li+]. The third kappa shape index (κ3) is 2.74. The molecule has 0 saturated heterocycles. The summed E-state index contributed by atoms with van der Waals surface area (Å²) >= 11 is 0. The van der Waals surface area contributed by atoms with Crippen molar-refractivity contribution in [2.24, 2.45) is 0 Å². The van der Waals surface area contributed by atoms with Crippen molar-refractivity contribution in [1.29, 1.82) is 0 Å². The molecule has 9 heavy (non-hydrogen) atoms. The fraction of sp³-hybridized carbons (Fsp3) is 0.250. The van der Waals surface area contributed by atoms with Crippen molar-refractivity contribution in [2.75, 3.05) is 0 Å². The van der Waals surface area contributed by atoms with Crippen LogP contribution < -0.4 is 18.9 Å². The van der Waals surface area contributed by atoms with Crippen molar-refractivity contribution in [3.63, 3.8) is 0 Å². The maximum absolute atomic E-state index is 3.17. The van der Waals surface area contributed by atoms with Gasteiger partial charge < -0.3 is 0 Å². The molecule has 0 spiro atoms. The molecule has 1 rings (SSSR count). The van der Waals surface area contributed by atoms with Crippen LogP contribution in [0.4, 0.5) is 0 Å². The van der Waals surface area contributed by atoms with Gasteiger partial charge in [-0.25, -0.2) is 0 Å². The van der Waals surface area contributed by atoms with Crippen LogP contribution in [0.25, 0.3) is 0 Å². The van der Waals surface area contributed by atoms with Crippen molar-refractivity contribution in [3.05, 3.63) is 35.4 Å². The zero-order valence-corrected chi connectivity index (χ0v) is 6.23. The van der Waals surface area contributed by atoms with Gasteiger partial charge >= 0.3 is 18.9 Å².